The number of hydrogen-bond acceptors (Lipinski definition) is 1. The molecule has 0 N–H and O–H groups in total. The second-order valence-corrected chi connectivity index (χ2v) is 3.91. The van der Waals surface area contributed by atoms with Crippen LogP contribution < -0.4 is 0 Å². The topological polar surface area (TPSA) is 3.24 Å². The van der Waals surface area contributed by atoms with E-state index in [0.717, 1.165) is 11.6 Å². The van der Waals surface area contributed by atoms with Gasteiger partial charge in [0.1, 0.15) is 0 Å². The molecule has 0 atom stereocenters. The van der Waals surface area contributed by atoms with Gasteiger partial charge in [0.05, 0.1) is 0 Å². The first kappa shape index (κ1) is 9.04. The average molecular weight is 195 g/mol. The number of likely N-dealkylation sites (tertiary alicyclic amines) is 1. The summed E-state index contributed by atoms with van der Waals surface area (Å²) in [7, 11) is 0. The highest BCUT2D eigenvalue weighted by Gasteiger charge is 2.12. The third-order valence-corrected chi connectivity index (χ3v) is 2.84. The van der Waals surface area contributed by atoms with Crippen molar-refractivity contribution in [3.05, 3.63) is 34.9 Å². The number of nitrogens with zero attached hydrogens (tertiary/aromatic N) is 1. The summed E-state index contributed by atoms with van der Waals surface area (Å²) in [5.74, 6) is 0. The first-order valence-electron chi connectivity index (χ1n) is 4.73. The Balaban J connectivity index is 2.04. The van der Waals surface area contributed by atoms with Gasteiger partial charge >= 0.3 is 0 Å². The first-order valence-corrected chi connectivity index (χ1v) is 5.11. The molecule has 1 saturated heterocycles. The molecule has 2 heteroatoms. The van der Waals surface area contributed by atoms with Crippen molar-refractivity contribution in [1.82, 2.24) is 4.90 Å². The fraction of sp³-hybridized carbons (Fsp3) is 0.455. The molecular weight excluding hydrogens is 182 g/mol. The van der Waals surface area contributed by atoms with Crippen LogP contribution in [0.4, 0.5) is 0 Å². The van der Waals surface area contributed by atoms with Crippen molar-refractivity contribution in [2.75, 3.05) is 13.1 Å². The third kappa shape index (κ3) is 2.23. The zero-order chi connectivity index (χ0) is 9.10. The van der Waals surface area contributed by atoms with Gasteiger partial charge in [-0.05, 0) is 43.6 Å². The molecule has 13 heavy (non-hydrogen) atoms. The summed E-state index contributed by atoms with van der Waals surface area (Å²) < 4.78 is 0. The van der Waals surface area contributed by atoms with Crippen LogP contribution in [0.2, 0.25) is 5.02 Å². The van der Waals surface area contributed by atoms with Gasteiger partial charge in [0.15, 0.2) is 0 Å². The lowest BCUT2D eigenvalue weighted by atomic mass is 10.2. The monoisotopic (exact) mass is 194 g/mol. The Morgan fingerprint density at radius 2 is 2.15 bits per heavy atom. The van der Waals surface area contributed by atoms with Crippen LogP contribution in [0.3, 0.4) is 0 Å². The van der Waals surface area contributed by atoms with Crippen LogP contribution in [0.5, 0.6) is 0 Å². The number of rotatable bonds is 2. The van der Waals surface area contributed by atoms with Crippen LogP contribution in [-0.4, -0.2) is 18.0 Å². The fourth-order valence-corrected chi connectivity index (χ4v) is 1.94. The molecule has 0 aliphatic carbocycles. The number of halogens is 1. The molecule has 1 nitrogen and oxygen atoms in total. The van der Waals surface area contributed by atoms with Gasteiger partial charge in [0.2, 0.25) is 0 Å². The number of benzene rings is 1. The molecule has 1 aliphatic heterocycles. The summed E-state index contributed by atoms with van der Waals surface area (Å²) >= 11 is 6.04. The van der Waals surface area contributed by atoms with Gasteiger partial charge in [-0.25, -0.2) is 0 Å². The zero-order valence-corrected chi connectivity index (χ0v) is 8.35. The Hall–Kier alpha value is -0.530. The van der Waals surface area contributed by atoms with E-state index in [1.54, 1.807) is 0 Å². The summed E-state index contributed by atoms with van der Waals surface area (Å²) in [6, 6.07) is 8.80. The minimum atomic E-state index is 0.842. The van der Waals surface area contributed by atoms with E-state index in [1.807, 2.05) is 12.1 Å². The molecule has 1 radical (unpaired) electrons. The molecule has 0 spiro atoms. The van der Waals surface area contributed by atoms with E-state index < -0.39 is 0 Å². The normalized spacial score (nSPS) is 17.9. The van der Waals surface area contributed by atoms with Crippen molar-refractivity contribution >= 4 is 11.6 Å². The smallest absolute Gasteiger partial charge is 0.0457 e. The van der Waals surface area contributed by atoms with Crippen LogP contribution in [0, 0.1) is 6.07 Å². The SMILES string of the molecule is Clc1c[c]ccc1CN1CCCC1. The van der Waals surface area contributed by atoms with Crippen molar-refractivity contribution in [1.29, 1.82) is 0 Å². The van der Waals surface area contributed by atoms with Crippen LogP contribution >= 0.6 is 11.6 Å². The Morgan fingerprint density at radius 1 is 1.38 bits per heavy atom. The Bertz CT molecular complexity index is 279. The molecule has 1 heterocycles. The maximum atomic E-state index is 6.04. The predicted molar refractivity (Wildman–Crippen MR) is 54.8 cm³/mol. The van der Waals surface area contributed by atoms with Crippen molar-refractivity contribution in [2.45, 2.75) is 19.4 Å². The van der Waals surface area contributed by atoms with Gasteiger partial charge < -0.3 is 0 Å². The van der Waals surface area contributed by atoms with Gasteiger partial charge in [0.25, 0.3) is 0 Å². The molecule has 1 fully saturated rings. The summed E-state index contributed by atoms with van der Waals surface area (Å²) in [5.41, 5.74) is 1.22. The van der Waals surface area contributed by atoms with Gasteiger partial charge in [-0.1, -0.05) is 23.7 Å². The highest BCUT2D eigenvalue weighted by molar-refractivity contribution is 6.31. The van der Waals surface area contributed by atoms with Crippen LogP contribution in [-0.2, 0) is 6.54 Å². The van der Waals surface area contributed by atoms with Gasteiger partial charge in [-0.15, -0.1) is 0 Å². The predicted octanol–water partition coefficient (Wildman–Crippen LogP) is 2.74. The van der Waals surface area contributed by atoms with Crippen molar-refractivity contribution < 1.29 is 0 Å². The van der Waals surface area contributed by atoms with Gasteiger partial charge in [0, 0.05) is 11.6 Å². The second-order valence-electron chi connectivity index (χ2n) is 3.50. The summed E-state index contributed by atoms with van der Waals surface area (Å²) in [6.45, 7) is 3.43. The van der Waals surface area contributed by atoms with Crippen LogP contribution in [0.15, 0.2) is 18.2 Å². The molecule has 0 unspecified atom stereocenters. The minimum absolute atomic E-state index is 0.842. The van der Waals surface area contributed by atoms with E-state index in [9.17, 15) is 0 Å². The molecule has 1 aliphatic rings. The van der Waals surface area contributed by atoms with Crippen LogP contribution in [0.1, 0.15) is 18.4 Å². The lowest BCUT2D eigenvalue weighted by Gasteiger charge is -2.14. The highest BCUT2D eigenvalue weighted by Crippen LogP contribution is 2.19. The van der Waals surface area contributed by atoms with Crippen molar-refractivity contribution in [2.24, 2.45) is 0 Å². The molecule has 0 bridgehead atoms. The third-order valence-electron chi connectivity index (χ3n) is 2.49. The standard InChI is InChI=1S/C11H13ClN/c12-11-6-2-1-5-10(11)9-13-7-3-4-8-13/h1,5-6H,3-4,7-9H2. The summed E-state index contributed by atoms with van der Waals surface area (Å²) in [5, 5.41) is 0.842. The average Bonchev–Trinajstić information content (AvgIpc) is 2.61. The molecule has 1 aromatic rings. The molecule has 69 valence electrons. The van der Waals surface area contributed by atoms with Crippen molar-refractivity contribution in [3.8, 4) is 0 Å². The maximum absolute atomic E-state index is 6.04. The van der Waals surface area contributed by atoms with E-state index in [4.69, 9.17) is 11.6 Å². The van der Waals surface area contributed by atoms with E-state index >= 15 is 0 Å². The number of hydrogen-bond donors (Lipinski definition) is 0. The van der Waals surface area contributed by atoms with E-state index in [-0.39, 0.29) is 0 Å². The molecule has 2 rings (SSSR count). The zero-order valence-electron chi connectivity index (χ0n) is 7.59. The summed E-state index contributed by atoms with van der Waals surface area (Å²) in [4.78, 5) is 2.45. The lowest BCUT2D eigenvalue weighted by molar-refractivity contribution is 0.331. The van der Waals surface area contributed by atoms with E-state index in [2.05, 4.69) is 17.0 Å². The molecule has 0 amide bonds. The van der Waals surface area contributed by atoms with E-state index in [0.29, 0.717) is 0 Å². The first-order chi connectivity index (χ1) is 6.36. The van der Waals surface area contributed by atoms with E-state index in [1.165, 1.54) is 31.5 Å². The van der Waals surface area contributed by atoms with Gasteiger partial charge in [-0.2, -0.15) is 0 Å². The lowest BCUT2D eigenvalue weighted by Crippen LogP contribution is -2.18. The molecular formula is C11H13ClN. The van der Waals surface area contributed by atoms with Crippen LogP contribution in [0.25, 0.3) is 0 Å². The van der Waals surface area contributed by atoms with Gasteiger partial charge in [-0.3, -0.25) is 4.90 Å². The second kappa shape index (κ2) is 4.12. The highest BCUT2D eigenvalue weighted by atomic mass is 35.5. The molecule has 0 aromatic heterocycles. The fourth-order valence-electron chi connectivity index (χ4n) is 1.75. The molecule has 1 aromatic carbocycles. The molecule has 0 saturated carbocycles. The Labute approximate surface area is 84.3 Å². The Morgan fingerprint density at radius 3 is 2.85 bits per heavy atom. The maximum Gasteiger partial charge on any atom is 0.0457 e. The largest absolute Gasteiger partial charge is 0.299 e. The quantitative estimate of drug-likeness (QED) is 0.700. The summed E-state index contributed by atoms with van der Waals surface area (Å²) in [6.07, 6.45) is 2.66. The van der Waals surface area contributed by atoms with Crippen molar-refractivity contribution in [3.63, 3.8) is 0 Å². The Kier molecular flexibility index (Phi) is 2.87. The minimum Gasteiger partial charge on any atom is -0.299 e.